The van der Waals surface area contributed by atoms with E-state index in [9.17, 15) is 18.0 Å². The molecule has 0 fully saturated rings. The van der Waals surface area contributed by atoms with Crippen molar-refractivity contribution in [1.82, 2.24) is 34.5 Å². The zero-order chi connectivity index (χ0) is 24.6. The van der Waals surface area contributed by atoms with E-state index >= 15 is 0 Å². The molecule has 13 heteroatoms. The summed E-state index contributed by atoms with van der Waals surface area (Å²) in [5.74, 6) is 0.283. The Hall–Kier alpha value is -4.29. The van der Waals surface area contributed by atoms with Crippen LogP contribution >= 0.6 is 0 Å². The van der Waals surface area contributed by atoms with Gasteiger partial charge in [-0.15, -0.1) is 10.2 Å². The third-order valence-electron chi connectivity index (χ3n) is 5.50. The van der Waals surface area contributed by atoms with Crippen LogP contribution in [0.5, 0.6) is 5.88 Å². The van der Waals surface area contributed by atoms with Crippen molar-refractivity contribution in [3.05, 3.63) is 60.3 Å². The number of rotatable bonds is 1. The van der Waals surface area contributed by atoms with Crippen molar-refractivity contribution in [3.8, 4) is 23.1 Å². The van der Waals surface area contributed by atoms with Crippen molar-refractivity contribution in [3.63, 3.8) is 0 Å². The second kappa shape index (κ2) is 8.81. The van der Waals surface area contributed by atoms with E-state index in [0.717, 1.165) is 23.4 Å². The third kappa shape index (κ3) is 4.56. The summed E-state index contributed by atoms with van der Waals surface area (Å²) >= 11 is 0. The molecule has 1 atom stereocenters. The van der Waals surface area contributed by atoms with Crippen molar-refractivity contribution < 1.29 is 22.7 Å². The van der Waals surface area contributed by atoms with Crippen LogP contribution in [0.1, 0.15) is 41.9 Å². The molecule has 5 rings (SSSR count). The first-order valence-electron chi connectivity index (χ1n) is 10.7. The van der Waals surface area contributed by atoms with Gasteiger partial charge < -0.3 is 14.6 Å². The number of ether oxygens (including phenoxy) is 1. The lowest BCUT2D eigenvalue weighted by atomic mass is 10.1. The molecule has 5 heterocycles. The summed E-state index contributed by atoms with van der Waals surface area (Å²) in [6.07, 6.45) is 0.870. The Labute approximate surface area is 196 Å². The number of carbonyl (C=O) groups is 1. The smallest absolute Gasteiger partial charge is 0.435 e. The normalized spacial score (nSPS) is 16.5. The Morgan fingerprint density at radius 1 is 1.23 bits per heavy atom. The number of amides is 1. The van der Waals surface area contributed by atoms with Crippen LogP contribution in [0.15, 0.2) is 49.1 Å². The average Bonchev–Trinajstić information content (AvgIpc) is 3.52. The monoisotopic (exact) mass is 484 g/mol. The number of hydrogen-bond acceptors (Lipinski definition) is 7. The van der Waals surface area contributed by atoms with Gasteiger partial charge in [0, 0.05) is 12.2 Å². The molecule has 1 aliphatic heterocycles. The fraction of sp³-hybridized carbons (Fsp3) is 0.273. The van der Waals surface area contributed by atoms with Gasteiger partial charge in [-0.05, 0) is 44.0 Å². The highest BCUT2D eigenvalue weighted by molar-refractivity contribution is 6.05. The quantitative estimate of drug-likeness (QED) is 0.436. The van der Waals surface area contributed by atoms with Gasteiger partial charge in [0.15, 0.2) is 11.5 Å². The number of pyridine rings is 2. The van der Waals surface area contributed by atoms with E-state index < -0.39 is 17.8 Å². The number of nitrogens with zero attached hydrogens (tertiary/aromatic N) is 7. The highest BCUT2D eigenvalue weighted by Gasteiger charge is 2.33. The first-order chi connectivity index (χ1) is 16.8. The second-order valence-electron chi connectivity index (χ2n) is 7.95. The van der Waals surface area contributed by atoms with Gasteiger partial charge in [-0.25, -0.2) is 14.6 Å². The Bertz CT molecular complexity index is 1380. The molecule has 4 aromatic heterocycles. The topological polar surface area (TPSA) is 113 Å². The highest BCUT2D eigenvalue weighted by Crippen LogP contribution is 2.29. The lowest BCUT2D eigenvalue weighted by Crippen LogP contribution is -2.18. The number of nitrogens with one attached hydrogen (secondary N) is 1. The fourth-order valence-corrected chi connectivity index (χ4v) is 3.71. The van der Waals surface area contributed by atoms with Crippen LogP contribution in [0.4, 0.5) is 19.0 Å². The van der Waals surface area contributed by atoms with E-state index in [1.807, 2.05) is 11.5 Å². The van der Waals surface area contributed by atoms with E-state index in [1.165, 1.54) is 12.3 Å². The Kier molecular flexibility index (Phi) is 5.67. The van der Waals surface area contributed by atoms with Gasteiger partial charge in [0.05, 0.1) is 18.5 Å². The van der Waals surface area contributed by atoms with E-state index in [1.54, 1.807) is 24.5 Å². The Morgan fingerprint density at radius 2 is 2.09 bits per heavy atom. The van der Waals surface area contributed by atoms with Gasteiger partial charge in [-0.3, -0.25) is 4.79 Å². The highest BCUT2D eigenvalue weighted by atomic mass is 19.4. The van der Waals surface area contributed by atoms with Gasteiger partial charge in [0.2, 0.25) is 5.88 Å². The number of carbonyl (C=O) groups excluding carboxylic acids is 1. The first-order valence-corrected chi connectivity index (χ1v) is 10.7. The molecule has 0 unspecified atom stereocenters. The summed E-state index contributed by atoms with van der Waals surface area (Å²) < 4.78 is 47.6. The summed E-state index contributed by atoms with van der Waals surface area (Å²) in [7, 11) is 0. The van der Waals surface area contributed by atoms with Gasteiger partial charge in [-0.2, -0.15) is 18.3 Å². The van der Waals surface area contributed by atoms with Crippen LogP contribution in [0, 0.1) is 0 Å². The van der Waals surface area contributed by atoms with Gasteiger partial charge in [-0.1, -0.05) is 6.07 Å². The van der Waals surface area contributed by atoms with Crippen molar-refractivity contribution in [2.75, 3.05) is 11.9 Å². The molecule has 1 amide bonds. The minimum absolute atomic E-state index is 0.0343. The molecule has 180 valence electrons. The molecule has 1 aliphatic rings. The lowest BCUT2D eigenvalue weighted by molar-refractivity contribution is -0.141. The molecule has 0 saturated heterocycles. The molecular weight excluding hydrogens is 465 g/mol. The van der Waals surface area contributed by atoms with Crippen LogP contribution in [0.25, 0.3) is 17.2 Å². The average molecular weight is 484 g/mol. The van der Waals surface area contributed by atoms with E-state index in [0.29, 0.717) is 17.9 Å². The number of alkyl halides is 3. The SMILES string of the molecule is C[C@H]1CCCOc2ncc(-n3ccc(C(F)(F)F)n3)cc2C(=O)Nc2cccc(n2)-c2nncn21. The zero-order valence-corrected chi connectivity index (χ0v) is 18.4. The predicted molar refractivity (Wildman–Crippen MR) is 117 cm³/mol. The maximum atomic E-state index is 13.2. The zero-order valence-electron chi connectivity index (χ0n) is 18.4. The number of anilines is 1. The summed E-state index contributed by atoms with van der Waals surface area (Å²) in [4.78, 5) is 21.8. The minimum atomic E-state index is -4.59. The Morgan fingerprint density at radius 3 is 2.89 bits per heavy atom. The summed E-state index contributed by atoms with van der Waals surface area (Å²) in [5.41, 5.74) is -0.320. The molecule has 4 aromatic rings. The maximum Gasteiger partial charge on any atom is 0.435 e. The Balaban J connectivity index is 1.53. The second-order valence-corrected chi connectivity index (χ2v) is 7.95. The predicted octanol–water partition coefficient (Wildman–Crippen LogP) is 3.93. The third-order valence-corrected chi connectivity index (χ3v) is 5.50. The number of hydrogen-bond donors (Lipinski definition) is 1. The molecule has 0 radical (unpaired) electrons. The van der Waals surface area contributed by atoms with Crippen LogP contribution in [-0.4, -0.2) is 47.0 Å². The van der Waals surface area contributed by atoms with Crippen molar-refractivity contribution in [2.45, 2.75) is 32.0 Å². The summed E-state index contributed by atoms with van der Waals surface area (Å²) in [6, 6.07) is 7.38. The molecular formula is C22H19F3N8O2. The number of halogens is 3. The van der Waals surface area contributed by atoms with Crippen LogP contribution in [-0.2, 0) is 6.18 Å². The molecule has 10 nitrogen and oxygen atoms in total. The standard InChI is InChI=1S/C22H19F3N8O2/c1-13-4-3-9-35-21-15(10-14(11-26-21)33-8-7-17(31-33)22(23,24)25)20(34)29-18-6-2-5-16(28-18)19-30-27-12-32(13)19/h2,5-8,10-13H,3-4,9H2,1H3,(H,28,29,34)/t13-/m0/s1. The molecule has 0 aliphatic carbocycles. The number of aromatic nitrogens is 7. The largest absolute Gasteiger partial charge is 0.477 e. The van der Waals surface area contributed by atoms with Gasteiger partial charge in [0.1, 0.15) is 23.4 Å². The van der Waals surface area contributed by atoms with Gasteiger partial charge >= 0.3 is 6.18 Å². The minimum Gasteiger partial charge on any atom is -0.477 e. The number of fused-ring (bicyclic) bond motifs is 5. The maximum absolute atomic E-state index is 13.2. The fourth-order valence-electron chi connectivity index (χ4n) is 3.71. The molecule has 1 N–H and O–H groups in total. The molecule has 0 spiro atoms. The lowest BCUT2D eigenvalue weighted by Gasteiger charge is -2.17. The summed E-state index contributed by atoms with van der Waals surface area (Å²) in [6.45, 7) is 2.31. The van der Waals surface area contributed by atoms with Crippen LogP contribution in [0.2, 0.25) is 0 Å². The van der Waals surface area contributed by atoms with Gasteiger partial charge in [0.25, 0.3) is 5.91 Å². The van der Waals surface area contributed by atoms with E-state index in [2.05, 4.69) is 30.6 Å². The first kappa shape index (κ1) is 22.5. The van der Waals surface area contributed by atoms with Crippen molar-refractivity contribution in [1.29, 1.82) is 0 Å². The summed E-state index contributed by atoms with van der Waals surface area (Å²) in [5, 5.41) is 14.4. The van der Waals surface area contributed by atoms with E-state index in [4.69, 9.17) is 4.74 Å². The molecule has 35 heavy (non-hydrogen) atoms. The molecule has 2 bridgehead atoms. The molecule has 0 saturated carbocycles. The van der Waals surface area contributed by atoms with Crippen LogP contribution < -0.4 is 10.1 Å². The van der Waals surface area contributed by atoms with E-state index in [-0.39, 0.29) is 35.6 Å². The van der Waals surface area contributed by atoms with Crippen LogP contribution in [0.3, 0.4) is 0 Å². The van der Waals surface area contributed by atoms with Crippen molar-refractivity contribution >= 4 is 11.7 Å². The molecule has 0 aromatic carbocycles. The van der Waals surface area contributed by atoms with Crippen molar-refractivity contribution in [2.24, 2.45) is 0 Å².